The summed E-state index contributed by atoms with van der Waals surface area (Å²) < 4.78 is 6.11. The van der Waals surface area contributed by atoms with Crippen LogP contribution in [0.1, 0.15) is 23.2 Å². The molecule has 2 saturated heterocycles. The third-order valence-corrected chi connectivity index (χ3v) is 5.25. The molecule has 0 spiro atoms. The zero-order chi connectivity index (χ0) is 16.2. The molecule has 0 atom stereocenters. The number of carbonyl (C=O) groups excluding carboxylic acids is 2. The van der Waals surface area contributed by atoms with Crippen LogP contribution in [0.3, 0.4) is 0 Å². The molecule has 0 bridgehead atoms. The van der Waals surface area contributed by atoms with Gasteiger partial charge in [0.15, 0.2) is 0 Å². The van der Waals surface area contributed by atoms with Crippen LogP contribution in [0.2, 0.25) is 0 Å². The van der Waals surface area contributed by atoms with E-state index in [0.29, 0.717) is 45.0 Å². The Balaban J connectivity index is 1.57. The third kappa shape index (κ3) is 3.75. The highest BCUT2D eigenvalue weighted by Gasteiger charge is 2.31. The first-order valence-electron chi connectivity index (χ1n) is 8.07. The molecule has 0 N–H and O–H groups in total. The van der Waals surface area contributed by atoms with Crippen molar-refractivity contribution in [3.8, 4) is 0 Å². The maximum Gasteiger partial charge on any atom is 0.254 e. The highest BCUT2D eigenvalue weighted by molar-refractivity contribution is 9.10. The van der Waals surface area contributed by atoms with E-state index in [1.165, 1.54) is 0 Å². The Hall–Kier alpha value is -1.40. The summed E-state index contributed by atoms with van der Waals surface area (Å²) >= 11 is 3.43. The van der Waals surface area contributed by atoms with E-state index >= 15 is 0 Å². The lowest BCUT2D eigenvalue weighted by atomic mass is 9.94. The zero-order valence-electron chi connectivity index (χ0n) is 13.0. The van der Waals surface area contributed by atoms with Crippen molar-refractivity contribution in [3.05, 3.63) is 34.3 Å². The average molecular weight is 381 g/mol. The van der Waals surface area contributed by atoms with Gasteiger partial charge in [0, 0.05) is 36.6 Å². The summed E-state index contributed by atoms with van der Waals surface area (Å²) in [6.45, 7) is 3.92. The van der Waals surface area contributed by atoms with Crippen molar-refractivity contribution < 1.29 is 14.3 Å². The number of benzene rings is 1. The van der Waals surface area contributed by atoms with Crippen molar-refractivity contribution in [1.29, 1.82) is 0 Å². The van der Waals surface area contributed by atoms with Gasteiger partial charge in [0.25, 0.3) is 5.91 Å². The minimum Gasteiger partial charge on any atom is -0.378 e. The number of ether oxygens (including phenoxy) is 1. The average Bonchev–Trinajstić information content (AvgIpc) is 2.62. The maximum absolute atomic E-state index is 12.6. The summed E-state index contributed by atoms with van der Waals surface area (Å²) in [5.74, 6) is 0.299. The Morgan fingerprint density at radius 1 is 1.00 bits per heavy atom. The molecule has 23 heavy (non-hydrogen) atoms. The molecular formula is C17H21BrN2O3. The lowest BCUT2D eigenvalue weighted by Gasteiger charge is -2.35. The molecule has 0 saturated carbocycles. The molecule has 2 aliphatic rings. The van der Waals surface area contributed by atoms with Gasteiger partial charge in [-0.2, -0.15) is 0 Å². The molecule has 6 heteroatoms. The molecule has 2 amide bonds. The summed E-state index contributed by atoms with van der Waals surface area (Å²) in [6.07, 6.45) is 1.48. The van der Waals surface area contributed by atoms with Gasteiger partial charge in [0.2, 0.25) is 5.91 Å². The fraction of sp³-hybridized carbons (Fsp3) is 0.529. The Morgan fingerprint density at radius 2 is 1.65 bits per heavy atom. The van der Waals surface area contributed by atoms with Gasteiger partial charge in [-0.3, -0.25) is 9.59 Å². The number of morpholine rings is 1. The molecule has 0 radical (unpaired) electrons. The van der Waals surface area contributed by atoms with Crippen molar-refractivity contribution in [2.45, 2.75) is 12.8 Å². The first-order valence-corrected chi connectivity index (χ1v) is 8.86. The smallest absolute Gasteiger partial charge is 0.254 e. The van der Waals surface area contributed by atoms with E-state index in [1.807, 2.05) is 34.1 Å². The van der Waals surface area contributed by atoms with Gasteiger partial charge in [0.1, 0.15) is 0 Å². The summed E-state index contributed by atoms with van der Waals surface area (Å²) in [6, 6.07) is 7.47. The second-order valence-electron chi connectivity index (χ2n) is 5.98. The number of hydrogen-bond acceptors (Lipinski definition) is 3. The first kappa shape index (κ1) is 16.5. The third-order valence-electron chi connectivity index (χ3n) is 4.56. The fourth-order valence-corrected chi connectivity index (χ4v) is 3.63. The molecule has 5 nitrogen and oxygen atoms in total. The number of halogens is 1. The maximum atomic E-state index is 12.6. The molecular weight excluding hydrogens is 360 g/mol. The molecule has 2 fully saturated rings. The predicted octanol–water partition coefficient (Wildman–Crippen LogP) is 2.16. The van der Waals surface area contributed by atoms with Gasteiger partial charge < -0.3 is 14.5 Å². The lowest BCUT2D eigenvalue weighted by molar-refractivity contribution is -0.141. The number of carbonyl (C=O) groups is 2. The lowest BCUT2D eigenvalue weighted by Crippen LogP contribution is -2.47. The van der Waals surface area contributed by atoms with Crippen LogP contribution in [-0.4, -0.2) is 61.0 Å². The van der Waals surface area contributed by atoms with Crippen LogP contribution in [0.25, 0.3) is 0 Å². The fourth-order valence-electron chi connectivity index (χ4n) is 3.18. The molecule has 2 aliphatic heterocycles. The monoisotopic (exact) mass is 380 g/mol. The van der Waals surface area contributed by atoms with Crippen molar-refractivity contribution in [3.63, 3.8) is 0 Å². The van der Waals surface area contributed by atoms with Crippen LogP contribution >= 0.6 is 15.9 Å². The van der Waals surface area contributed by atoms with E-state index in [2.05, 4.69) is 15.9 Å². The van der Waals surface area contributed by atoms with E-state index in [9.17, 15) is 9.59 Å². The number of piperidine rings is 1. The van der Waals surface area contributed by atoms with E-state index in [-0.39, 0.29) is 17.7 Å². The van der Waals surface area contributed by atoms with Crippen LogP contribution in [0, 0.1) is 5.92 Å². The van der Waals surface area contributed by atoms with Gasteiger partial charge in [-0.05, 0) is 40.9 Å². The van der Waals surface area contributed by atoms with E-state index < -0.39 is 0 Å². The highest BCUT2D eigenvalue weighted by atomic mass is 79.9. The van der Waals surface area contributed by atoms with Crippen molar-refractivity contribution in [1.82, 2.24) is 9.80 Å². The summed E-state index contributed by atoms with van der Waals surface area (Å²) in [4.78, 5) is 28.8. The topological polar surface area (TPSA) is 49.9 Å². The first-order chi connectivity index (χ1) is 11.2. The highest BCUT2D eigenvalue weighted by Crippen LogP contribution is 2.24. The number of hydrogen-bond donors (Lipinski definition) is 0. The minimum atomic E-state index is 0.0368. The molecule has 0 aliphatic carbocycles. The number of likely N-dealkylation sites (tertiary alicyclic amines) is 1. The number of amides is 2. The van der Waals surface area contributed by atoms with Gasteiger partial charge >= 0.3 is 0 Å². The standard InChI is InChI=1S/C17H21BrN2O3/c18-15-4-2-1-3-14(15)17(22)19-7-5-13(6-8-19)16(21)20-9-11-23-12-10-20/h1-4,13H,5-12H2. The quantitative estimate of drug-likeness (QED) is 0.789. The molecule has 2 heterocycles. The van der Waals surface area contributed by atoms with E-state index in [1.54, 1.807) is 0 Å². The number of rotatable bonds is 2. The Labute approximate surface area is 144 Å². The number of nitrogens with zero attached hydrogens (tertiary/aromatic N) is 2. The molecule has 1 aromatic carbocycles. The SMILES string of the molecule is O=C(c1ccccc1Br)N1CCC(C(=O)N2CCOCC2)CC1. The largest absolute Gasteiger partial charge is 0.378 e. The molecule has 0 aromatic heterocycles. The second kappa shape index (κ2) is 7.45. The van der Waals surface area contributed by atoms with Crippen molar-refractivity contribution in [2.24, 2.45) is 5.92 Å². The van der Waals surface area contributed by atoms with Crippen molar-refractivity contribution >= 4 is 27.7 Å². The molecule has 124 valence electrons. The zero-order valence-corrected chi connectivity index (χ0v) is 14.6. The summed E-state index contributed by atoms with van der Waals surface area (Å²) in [5.41, 5.74) is 0.686. The Morgan fingerprint density at radius 3 is 2.30 bits per heavy atom. The Bertz CT molecular complexity index is 579. The van der Waals surface area contributed by atoms with E-state index in [0.717, 1.165) is 17.3 Å². The van der Waals surface area contributed by atoms with Crippen molar-refractivity contribution in [2.75, 3.05) is 39.4 Å². The van der Waals surface area contributed by atoms with Gasteiger partial charge in [-0.25, -0.2) is 0 Å². The van der Waals surface area contributed by atoms with Crippen LogP contribution in [0.4, 0.5) is 0 Å². The van der Waals surface area contributed by atoms with E-state index in [4.69, 9.17) is 4.74 Å². The predicted molar refractivity (Wildman–Crippen MR) is 90.2 cm³/mol. The van der Waals surface area contributed by atoms with Gasteiger partial charge in [-0.1, -0.05) is 12.1 Å². The molecule has 0 unspecified atom stereocenters. The molecule has 1 aromatic rings. The second-order valence-corrected chi connectivity index (χ2v) is 6.84. The minimum absolute atomic E-state index is 0.0368. The van der Waals surface area contributed by atoms with Crippen LogP contribution in [-0.2, 0) is 9.53 Å². The summed E-state index contributed by atoms with van der Waals surface area (Å²) in [7, 11) is 0. The van der Waals surface area contributed by atoms with Gasteiger partial charge in [-0.15, -0.1) is 0 Å². The van der Waals surface area contributed by atoms with Crippen LogP contribution in [0.15, 0.2) is 28.7 Å². The van der Waals surface area contributed by atoms with Crippen LogP contribution in [0.5, 0.6) is 0 Å². The van der Waals surface area contributed by atoms with Crippen LogP contribution < -0.4 is 0 Å². The molecule has 3 rings (SSSR count). The summed E-state index contributed by atoms with van der Waals surface area (Å²) in [5, 5.41) is 0. The van der Waals surface area contributed by atoms with Gasteiger partial charge in [0.05, 0.1) is 18.8 Å². The normalized spacial score (nSPS) is 19.7. The Kier molecular flexibility index (Phi) is 5.33.